The first kappa shape index (κ1) is 19.7. The zero-order valence-electron chi connectivity index (χ0n) is 14.9. The van der Waals surface area contributed by atoms with E-state index in [-0.39, 0.29) is 23.5 Å². The lowest BCUT2D eigenvalue weighted by Gasteiger charge is -2.24. The van der Waals surface area contributed by atoms with Crippen molar-refractivity contribution in [1.82, 2.24) is 9.62 Å². The van der Waals surface area contributed by atoms with Crippen molar-refractivity contribution in [1.29, 1.82) is 0 Å². The van der Waals surface area contributed by atoms with Gasteiger partial charge in [0, 0.05) is 33.2 Å². The van der Waals surface area contributed by atoms with Gasteiger partial charge in [-0.25, -0.2) is 13.1 Å². The normalized spacial score (nSPS) is 17.5. The average Bonchev–Trinajstić information content (AvgIpc) is 3.06. The number of rotatable bonds is 8. The number of benzene rings is 1. The Bertz CT molecular complexity index is 699. The van der Waals surface area contributed by atoms with Crippen molar-refractivity contribution in [3.8, 4) is 5.75 Å². The fourth-order valence-corrected chi connectivity index (χ4v) is 4.10. The van der Waals surface area contributed by atoms with Crippen LogP contribution >= 0.6 is 0 Å². The molecule has 1 unspecified atom stereocenters. The molecule has 1 saturated heterocycles. The molecule has 7 nitrogen and oxygen atoms in total. The van der Waals surface area contributed by atoms with E-state index >= 15 is 0 Å². The zero-order valence-corrected chi connectivity index (χ0v) is 15.8. The summed E-state index contributed by atoms with van der Waals surface area (Å²) < 4.78 is 38.1. The van der Waals surface area contributed by atoms with Crippen molar-refractivity contribution >= 4 is 15.9 Å². The summed E-state index contributed by atoms with van der Waals surface area (Å²) >= 11 is 0. The number of sulfonamides is 1. The van der Waals surface area contributed by atoms with Crippen LogP contribution in [-0.2, 0) is 19.6 Å². The van der Waals surface area contributed by atoms with Gasteiger partial charge in [0.2, 0.25) is 15.9 Å². The molecular formula is C17H26N2O5S. The molecule has 0 radical (unpaired) electrons. The van der Waals surface area contributed by atoms with Crippen molar-refractivity contribution in [2.75, 3.05) is 33.4 Å². The molecule has 1 heterocycles. The topological polar surface area (TPSA) is 84.9 Å². The molecule has 0 spiro atoms. The van der Waals surface area contributed by atoms with Gasteiger partial charge in [0.05, 0.1) is 18.1 Å². The van der Waals surface area contributed by atoms with Crippen LogP contribution in [0.1, 0.15) is 25.3 Å². The Morgan fingerprint density at radius 1 is 1.44 bits per heavy atom. The van der Waals surface area contributed by atoms with E-state index in [4.69, 9.17) is 9.47 Å². The van der Waals surface area contributed by atoms with Crippen LogP contribution in [0.4, 0.5) is 0 Å². The molecule has 140 valence electrons. The fraction of sp³-hybridized carbons (Fsp3) is 0.588. The smallest absolute Gasteiger partial charge is 0.240 e. The maximum absolute atomic E-state index is 12.5. The van der Waals surface area contributed by atoms with Gasteiger partial charge in [-0.15, -0.1) is 0 Å². The van der Waals surface area contributed by atoms with Gasteiger partial charge in [-0.1, -0.05) is 0 Å². The van der Waals surface area contributed by atoms with Crippen LogP contribution in [0.25, 0.3) is 0 Å². The molecule has 0 bridgehead atoms. The summed E-state index contributed by atoms with van der Waals surface area (Å²) in [6.45, 7) is 4.88. The Balaban J connectivity index is 1.95. The van der Waals surface area contributed by atoms with Crippen molar-refractivity contribution in [2.24, 2.45) is 0 Å². The van der Waals surface area contributed by atoms with Gasteiger partial charge in [0.15, 0.2) is 0 Å². The quantitative estimate of drug-likeness (QED) is 0.746. The molecule has 1 aromatic carbocycles. The van der Waals surface area contributed by atoms with E-state index in [1.165, 1.54) is 20.1 Å². The predicted octanol–water partition coefficient (Wildman–Crippen LogP) is 1.31. The Labute approximate surface area is 149 Å². The molecule has 1 N–H and O–H groups in total. The van der Waals surface area contributed by atoms with Gasteiger partial charge in [0.1, 0.15) is 5.75 Å². The molecule has 0 aliphatic carbocycles. The lowest BCUT2D eigenvalue weighted by molar-refractivity contribution is -0.130. The molecule has 0 saturated carbocycles. The van der Waals surface area contributed by atoms with Gasteiger partial charge < -0.3 is 14.4 Å². The Morgan fingerprint density at radius 3 is 2.76 bits per heavy atom. The number of carbonyl (C=O) groups excluding carboxylic acids is 1. The molecular weight excluding hydrogens is 344 g/mol. The van der Waals surface area contributed by atoms with Crippen molar-refractivity contribution < 1.29 is 22.7 Å². The standard InChI is InChI=1S/C17H26N2O5S/c1-13-11-15(23-3)6-7-17(13)25(21,22)18-8-9-19(14(2)20)12-16-5-4-10-24-16/h6-7,11,16,18H,4-5,8-10,12H2,1-3H3. The van der Waals surface area contributed by atoms with Crippen LogP contribution < -0.4 is 9.46 Å². The molecule has 1 fully saturated rings. The van der Waals surface area contributed by atoms with Crippen molar-refractivity contribution in [3.63, 3.8) is 0 Å². The molecule has 25 heavy (non-hydrogen) atoms. The molecule has 8 heteroatoms. The second-order valence-electron chi connectivity index (χ2n) is 6.13. The minimum absolute atomic E-state index is 0.0457. The molecule has 1 aliphatic heterocycles. The first-order chi connectivity index (χ1) is 11.8. The Hall–Kier alpha value is -1.64. The summed E-state index contributed by atoms with van der Waals surface area (Å²) in [5.41, 5.74) is 0.606. The number of nitrogens with zero attached hydrogens (tertiary/aromatic N) is 1. The Kier molecular flexibility index (Phi) is 6.80. The van der Waals surface area contributed by atoms with E-state index < -0.39 is 10.0 Å². The molecule has 1 aromatic rings. The Morgan fingerprint density at radius 2 is 2.20 bits per heavy atom. The van der Waals surface area contributed by atoms with Crippen LogP contribution in [0.5, 0.6) is 5.75 Å². The van der Waals surface area contributed by atoms with Crippen LogP contribution in [0, 0.1) is 6.92 Å². The van der Waals surface area contributed by atoms with Crippen molar-refractivity contribution in [2.45, 2.75) is 37.7 Å². The average molecular weight is 370 g/mol. The zero-order chi connectivity index (χ0) is 18.4. The number of methoxy groups -OCH3 is 1. The van der Waals surface area contributed by atoms with E-state index in [1.807, 2.05) is 0 Å². The predicted molar refractivity (Wildman–Crippen MR) is 94.1 cm³/mol. The maximum Gasteiger partial charge on any atom is 0.240 e. The van der Waals surface area contributed by atoms with Gasteiger partial charge in [-0.3, -0.25) is 4.79 Å². The highest BCUT2D eigenvalue weighted by molar-refractivity contribution is 7.89. The number of carbonyl (C=O) groups is 1. The minimum Gasteiger partial charge on any atom is -0.497 e. The molecule has 1 amide bonds. The van der Waals surface area contributed by atoms with Crippen LogP contribution in [0.2, 0.25) is 0 Å². The first-order valence-corrected chi connectivity index (χ1v) is 9.83. The SMILES string of the molecule is COc1ccc(S(=O)(=O)NCCN(CC2CCCO2)C(C)=O)c(C)c1. The third kappa shape index (κ3) is 5.42. The van der Waals surface area contributed by atoms with E-state index in [9.17, 15) is 13.2 Å². The number of aryl methyl sites for hydroxylation is 1. The highest BCUT2D eigenvalue weighted by Gasteiger charge is 2.22. The summed E-state index contributed by atoms with van der Waals surface area (Å²) in [6, 6.07) is 4.81. The third-order valence-corrected chi connectivity index (χ3v) is 5.86. The third-order valence-electron chi connectivity index (χ3n) is 4.24. The van der Waals surface area contributed by atoms with Crippen LogP contribution in [0.15, 0.2) is 23.1 Å². The second kappa shape index (κ2) is 8.64. The molecule has 1 aliphatic rings. The highest BCUT2D eigenvalue weighted by Crippen LogP contribution is 2.20. The van der Waals surface area contributed by atoms with E-state index in [0.717, 1.165) is 19.4 Å². The van der Waals surface area contributed by atoms with Crippen LogP contribution in [-0.4, -0.2) is 58.7 Å². The van der Waals surface area contributed by atoms with Gasteiger partial charge in [-0.05, 0) is 43.5 Å². The number of ether oxygens (including phenoxy) is 2. The molecule has 1 atom stereocenters. The van der Waals surface area contributed by atoms with Gasteiger partial charge in [0.25, 0.3) is 0 Å². The number of hydrogen-bond acceptors (Lipinski definition) is 5. The highest BCUT2D eigenvalue weighted by atomic mass is 32.2. The van der Waals surface area contributed by atoms with E-state index in [2.05, 4.69) is 4.72 Å². The summed E-state index contributed by atoms with van der Waals surface area (Å²) in [6.07, 6.45) is 1.98. The van der Waals surface area contributed by atoms with E-state index in [0.29, 0.717) is 24.4 Å². The number of nitrogens with one attached hydrogen (secondary N) is 1. The van der Waals surface area contributed by atoms with Crippen LogP contribution in [0.3, 0.4) is 0 Å². The lowest BCUT2D eigenvalue weighted by Crippen LogP contribution is -2.41. The minimum atomic E-state index is -3.64. The fourth-order valence-electron chi connectivity index (χ4n) is 2.85. The summed E-state index contributed by atoms with van der Waals surface area (Å²) in [7, 11) is -2.11. The monoisotopic (exact) mass is 370 g/mol. The number of amides is 1. The second-order valence-corrected chi connectivity index (χ2v) is 7.86. The molecule has 0 aromatic heterocycles. The van der Waals surface area contributed by atoms with Gasteiger partial charge in [-0.2, -0.15) is 0 Å². The first-order valence-electron chi connectivity index (χ1n) is 8.35. The van der Waals surface area contributed by atoms with Crippen molar-refractivity contribution in [3.05, 3.63) is 23.8 Å². The summed E-state index contributed by atoms with van der Waals surface area (Å²) in [5, 5.41) is 0. The summed E-state index contributed by atoms with van der Waals surface area (Å²) in [4.78, 5) is 13.6. The lowest BCUT2D eigenvalue weighted by atomic mass is 10.2. The maximum atomic E-state index is 12.5. The summed E-state index contributed by atoms with van der Waals surface area (Å²) in [5.74, 6) is 0.520. The largest absolute Gasteiger partial charge is 0.497 e. The van der Waals surface area contributed by atoms with E-state index in [1.54, 1.807) is 24.0 Å². The molecule has 2 rings (SSSR count). The number of hydrogen-bond donors (Lipinski definition) is 1. The van der Waals surface area contributed by atoms with Gasteiger partial charge >= 0.3 is 0 Å².